The molecule has 1 aromatic carbocycles. The van der Waals surface area contributed by atoms with E-state index in [1.807, 2.05) is 6.07 Å². The number of nitrogens with zero attached hydrogens (tertiary/aromatic N) is 4. The second kappa shape index (κ2) is 5.93. The molecule has 0 N–H and O–H groups in total. The van der Waals surface area contributed by atoms with E-state index >= 15 is 0 Å². The number of halogens is 2. The Labute approximate surface area is 134 Å². The highest BCUT2D eigenvalue weighted by Crippen LogP contribution is 2.22. The Morgan fingerprint density at radius 2 is 2.10 bits per heavy atom. The van der Waals surface area contributed by atoms with Crippen molar-refractivity contribution in [3.63, 3.8) is 0 Å². The Hall–Kier alpha value is -1.76. The first-order valence-electron chi connectivity index (χ1n) is 5.94. The van der Waals surface area contributed by atoms with Crippen molar-refractivity contribution >= 4 is 40.3 Å². The second-order valence-corrected chi connectivity index (χ2v) is 6.33. The van der Waals surface area contributed by atoms with Gasteiger partial charge in [0.1, 0.15) is 6.54 Å². The highest BCUT2D eigenvalue weighted by Gasteiger charge is 2.13. The predicted octanol–water partition coefficient (Wildman–Crippen LogP) is 3.59. The van der Waals surface area contributed by atoms with Gasteiger partial charge in [0, 0.05) is 10.6 Å². The third-order valence-corrected chi connectivity index (χ3v) is 4.18. The van der Waals surface area contributed by atoms with E-state index < -0.39 is 0 Å². The molecule has 0 bridgehead atoms. The van der Waals surface area contributed by atoms with Crippen LogP contribution in [0, 0.1) is 0 Å². The van der Waals surface area contributed by atoms with Gasteiger partial charge in [0.25, 0.3) is 0 Å². The van der Waals surface area contributed by atoms with E-state index in [0.717, 1.165) is 5.56 Å². The van der Waals surface area contributed by atoms with E-state index in [4.69, 9.17) is 23.2 Å². The summed E-state index contributed by atoms with van der Waals surface area (Å²) in [5.74, 6) is 0.316. The fourth-order valence-electron chi connectivity index (χ4n) is 1.72. The van der Waals surface area contributed by atoms with E-state index in [2.05, 4.69) is 15.4 Å². The molecule has 3 aromatic rings. The lowest BCUT2D eigenvalue weighted by Crippen LogP contribution is -2.12. The quantitative estimate of drug-likeness (QED) is 0.682. The van der Waals surface area contributed by atoms with E-state index in [9.17, 15) is 4.79 Å². The first kappa shape index (κ1) is 14.2. The molecule has 106 valence electrons. The number of tetrazole rings is 1. The number of ketones is 1. The van der Waals surface area contributed by atoms with Crippen molar-refractivity contribution in [2.75, 3.05) is 0 Å². The summed E-state index contributed by atoms with van der Waals surface area (Å²) in [5.41, 5.74) is 0.750. The SMILES string of the molecule is O=C(Cn1nnc(-c2cccc(Cl)c2)n1)c1ccc(Cl)s1. The van der Waals surface area contributed by atoms with E-state index in [-0.39, 0.29) is 12.3 Å². The summed E-state index contributed by atoms with van der Waals surface area (Å²) in [6.45, 7) is 0.0183. The molecule has 0 amide bonds. The van der Waals surface area contributed by atoms with Crippen molar-refractivity contribution in [1.29, 1.82) is 0 Å². The van der Waals surface area contributed by atoms with Crippen molar-refractivity contribution in [3.8, 4) is 11.4 Å². The molecule has 0 aliphatic rings. The standard InChI is InChI=1S/C13H8Cl2N4OS/c14-9-3-1-2-8(6-9)13-16-18-19(17-13)7-10(20)11-4-5-12(15)21-11/h1-6H,7H2. The number of Topliss-reactive ketones (excluding diaryl/α,β-unsaturated/α-hetero) is 1. The van der Waals surface area contributed by atoms with Gasteiger partial charge in [-0.15, -0.1) is 21.5 Å². The summed E-state index contributed by atoms with van der Waals surface area (Å²) in [4.78, 5) is 13.9. The number of carbonyl (C=O) groups is 1. The molecule has 21 heavy (non-hydrogen) atoms. The number of carbonyl (C=O) groups excluding carboxylic acids is 1. The summed E-state index contributed by atoms with van der Waals surface area (Å²) in [5, 5.41) is 12.6. The van der Waals surface area contributed by atoms with E-state index in [0.29, 0.717) is 20.1 Å². The lowest BCUT2D eigenvalue weighted by Gasteiger charge is -1.96. The minimum absolute atomic E-state index is 0.0183. The summed E-state index contributed by atoms with van der Waals surface area (Å²) in [6.07, 6.45) is 0. The van der Waals surface area contributed by atoms with Crippen LogP contribution >= 0.6 is 34.5 Å². The van der Waals surface area contributed by atoms with Gasteiger partial charge < -0.3 is 0 Å². The van der Waals surface area contributed by atoms with Gasteiger partial charge in [-0.25, -0.2) is 0 Å². The average molecular weight is 339 g/mol. The number of aromatic nitrogens is 4. The molecular formula is C13H8Cl2N4OS. The third-order valence-electron chi connectivity index (χ3n) is 2.67. The number of hydrogen-bond donors (Lipinski definition) is 0. The van der Waals surface area contributed by atoms with Gasteiger partial charge in [-0.05, 0) is 29.5 Å². The van der Waals surface area contributed by atoms with Crippen LogP contribution in [0.1, 0.15) is 9.67 Å². The number of benzene rings is 1. The van der Waals surface area contributed by atoms with Crippen LogP contribution in [0.4, 0.5) is 0 Å². The fourth-order valence-corrected chi connectivity index (χ4v) is 2.89. The maximum atomic E-state index is 12.0. The number of thiophene rings is 1. The smallest absolute Gasteiger partial charge is 0.204 e. The number of hydrogen-bond acceptors (Lipinski definition) is 5. The van der Waals surface area contributed by atoms with Crippen LogP contribution in [-0.4, -0.2) is 26.0 Å². The van der Waals surface area contributed by atoms with Crippen molar-refractivity contribution in [1.82, 2.24) is 20.2 Å². The summed E-state index contributed by atoms with van der Waals surface area (Å²) < 4.78 is 0.574. The zero-order valence-corrected chi connectivity index (χ0v) is 12.9. The topological polar surface area (TPSA) is 60.7 Å². The summed E-state index contributed by atoms with van der Waals surface area (Å²) >= 11 is 13.0. The molecule has 0 spiro atoms. The Morgan fingerprint density at radius 3 is 2.81 bits per heavy atom. The lowest BCUT2D eigenvalue weighted by molar-refractivity contribution is 0.0965. The zero-order chi connectivity index (χ0) is 14.8. The van der Waals surface area contributed by atoms with Crippen LogP contribution in [-0.2, 0) is 6.54 Å². The van der Waals surface area contributed by atoms with E-state index in [1.165, 1.54) is 16.1 Å². The second-order valence-electron chi connectivity index (χ2n) is 4.18. The monoisotopic (exact) mass is 338 g/mol. The van der Waals surface area contributed by atoms with Gasteiger partial charge in [-0.1, -0.05) is 35.3 Å². The Bertz CT molecular complexity index is 799. The molecule has 0 aliphatic heterocycles. The fraction of sp³-hybridized carbons (Fsp3) is 0.0769. The molecule has 2 heterocycles. The molecule has 0 radical (unpaired) electrons. The molecule has 0 fully saturated rings. The van der Waals surface area contributed by atoms with Gasteiger partial charge in [0.2, 0.25) is 5.82 Å². The van der Waals surface area contributed by atoms with Crippen molar-refractivity contribution in [2.24, 2.45) is 0 Å². The summed E-state index contributed by atoms with van der Waals surface area (Å²) in [6, 6.07) is 10.5. The Balaban J connectivity index is 1.78. The highest BCUT2D eigenvalue weighted by molar-refractivity contribution is 7.18. The molecule has 8 heteroatoms. The molecule has 0 unspecified atom stereocenters. The maximum absolute atomic E-state index is 12.0. The molecule has 3 rings (SSSR count). The molecular weight excluding hydrogens is 331 g/mol. The van der Waals surface area contributed by atoms with Gasteiger partial charge in [0.05, 0.1) is 9.21 Å². The first-order chi connectivity index (χ1) is 10.1. The third kappa shape index (κ3) is 3.29. The highest BCUT2D eigenvalue weighted by atomic mass is 35.5. The maximum Gasteiger partial charge on any atom is 0.204 e. The largest absolute Gasteiger partial charge is 0.291 e. The minimum Gasteiger partial charge on any atom is -0.291 e. The van der Waals surface area contributed by atoms with Gasteiger partial charge >= 0.3 is 0 Å². The first-order valence-corrected chi connectivity index (χ1v) is 7.51. The van der Waals surface area contributed by atoms with Crippen LogP contribution < -0.4 is 0 Å². The van der Waals surface area contributed by atoms with Gasteiger partial charge in [-0.2, -0.15) is 4.80 Å². The number of rotatable bonds is 4. The van der Waals surface area contributed by atoms with Crippen LogP contribution in [0.25, 0.3) is 11.4 Å². The van der Waals surface area contributed by atoms with Crippen LogP contribution in [0.5, 0.6) is 0 Å². The lowest BCUT2D eigenvalue weighted by atomic mass is 10.2. The van der Waals surface area contributed by atoms with Crippen molar-refractivity contribution in [2.45, 2.75) is 6.54 Å². The zero-order valence-electron chi connectivity index (χ0n) is 10.5. The van der Waals surface area contributed by atoms with Gasteiger partial charge in [0.15, 0.2) is 5.78 Å². The normalized spacial score (nSPS) is 10.8. The molecule has 5 nitrogen and oxygen atoms in total. The van der Waals surface area contributed by atoms with Crippen molar-refractivity contribution < 1.29 is 4.79 Å². The molecule has 0 saturated heterocycles. The van der Waals surface area contributed by atoms with Crippen LogP contribution in [0.15, 0.2) is 36.4 Å². The van der Waals surface area contributed by atoms with Crippen molar-refractivity contribution in [3.05, 3.63) is 50.6 Å². The predicted molar refractivity (Wildman–Crippen MR) is 81.9 cm³/mol. The van der Waals surface area contributed by atoms with Crippen LogP contribution in [0.2, 0.25) is 9.36 Å². The Morgan fingerprint density at radius 1 is 1.24 bits per heavy atom. The average Bonchev–Trinajstić information content (AvgIpc) is 3.08. The molecule has 2 aromatic heterocycles. The molecule has 0 atom stereocenters. The van der Waals surface area contributed by atoms with Gasteiger partial charge in [-0.3, -0.25) is 4.79 Å². The van der Waals surface area contributed by atoms with E-state index in [1.54, 1.807) is 30.3 Å². The van der Waals surface area contributed by atoms with Crippen LogP contribution in [0.3, 0.4) is 0 Å². The Kier molecular flexibility index (Phi) is 4.01. The minimum atomic E-state index is -0.109. The molecule has 0 aliphatic carbocycles. The molecule has 0 saturated carbocycles. The summed E-state index contributed by atoms with van der Waals surface area (Å²) in [7, 11) is 0.